The van der Waals surface area contributed by atoms with Crippen LogP contribution in [0, 0.1) is 10.1 Å². The molecule has 0 aliphatic carbocycles. The van der Waals surface area contributed by atoms with E-state index in [1.807, 2.05) is 0 Å². The van der Waals surface area contributed by atoms with Crippen molar-refractivity contribution >= 4 is 67.8 Å². The van der Waals surface area contributed by atoms with Gasteiger partial charge in [0.1, 0.15) is 5.75 Å². The van der Waals surface area contributed by atoms with Crippen molar-refractivity contribution in [3.05, 3.63) is 84.3 Å². The van der Waals surface area contributed by atoms with Crippen LogP contribution in [0.4, 0.5) is 24.5 Å². The summed E-state index contributed by atoms with van der Waals surface area (Å²) in [5.41, 5.74) is -1.65. The van der Waals surface area contributed by atoms with Crippen molar-refractivity contribution in [1.82, 2.24) is 0 Å². The van der Waals surface area contributed by atoms with Crippen molar-refractivity contribution in [2.45, 2.75) is 11.1 Å². The summed E-state index contributed by atoms with van der Waals surface area (Å²) in [5, 5.41) is 9.68. The molecule has 0 heterocycles. The van der Waals surface area contributed by atoms with E-state index in [4.69, 9.17) is 51.1 Å². The Hall–Kier alpha value is -2.44. The Morgan fingerprint density at radius 3 is 2.00 bits per heavy atom. The lowest BCUT2D eigenvalue weighted by molar-refractivity contribution is -0.384. The van der Waals surface area contributed by atoms with Crippen molar-refractivity contribution in [3.8, 4) is 11.5 Å². The van der Waals surface area contributed by atoms with Gasteiger partial charge >= 0.3 is 6.18 Å². The zero-order chi connectivity index (χ0) is 25.4. The molecule has 0 unspecified atom stereocenters. The molecule has 0 amide bonds. The van der Waals surface area contributed by atoms with E-state index in [1.54, 1.807) is 0 Å². The van der Waals surface area contributed by atoms with E-state index < -0.39 is 36.6 Å². The normalized spacial score (nSPS) is 11.9. The molecule has 0 bridgehead atoms. The van der Waals surface area contributed by atoms with E-state index in [9.17, 15) is 31.7 Å². The van der Waals surface area contributed by atoms with Crippen LogP contribution in [0.3, 0.4) is 0 Å². The molecule has 3 aromatic rings. The number of sulfonamides is 1. The number of nitro groups is 1. The molecule has 0 saturated carbocycles. The maximum atomic E-state index is 12.8. The van der Waals surface area contributed by atoms with Crippen LogP contribution >= 0.6 is 46.4 Å². The van der Waals surface area contributed by atoms with E-state index in [1.165, 1.54) is 6.07 Å². The van der Waals surface area contributed by atoms with Gasteiger partial charge in [0.15, 0.2) is 5.75 Å². The van der Waals surface area contributed by atoms with E-state index in [-0.39, 0.29) is 37.9 Å². The molecular formula is C19H9Cl4F3N2O5S. The van der Waals surface area contributed by atoms with E-state index in [0.29, 0.717) is 12.1 Å². The monoisotopic (exact) mass is 574 g/mol. The first-order valence-electron chi connectivity index (χ1n) is 8.69. The molecule has 180 valence electrons. The number of hydrogen-bond donors (Lipinski definition) is 1. The second-order valence-electron chi connectivity index (χ2n) is 6.49. The number of halogens is 7. The zero-order valence-corrected chi connectivity index (χ0v) is 20.0. The minimum absolute atomic E-state index is 0.0404. The number of non-ortho nitro benzene ring substituents is 1. The quantitative estimate of drug-likeness (QED) is 0.238. The number of benzene rings is 3. The van der Waals surface area contributed by atoms with Gasteiger partial charge in [0.25, 0.3) is 15.7 Å². The molecular weight excluding hydrogens is 567 g/mol. The van der Waals surface area contributed by atoms with Crippen molar-refractivity contribution in [3.63, 3.8) is 0 Å². The number of nitrogens with one attached hydrogen (secondary N) is 1. The molecule has 0 aliphatic heterocycles. The number of nitro benzene ring substituents is 1. The van der Waals surface area contributed by atoms with Crippen LogP contribution in [-0.4, -0.2) is 13.3 Å². The van der Waals surface area contributed by atoms with Crippen LogP contribution in [0.5, 0.6) is 11.5 Å². The Labute approximate surface area is 210 Å². The third-order valence-corrected chi connectivity index (χ3v) is 6.68. The van der Waals surface area contributed by atoms with Crippen LogP contribution < -0.4 is 9.46 Å². The Morgan fingerprint density at radius 2 is 1.50 bits per heavy atom. The Kier molecular flexibility index (Phi) is 7.44. The molecule has 3 aromatic carbocycles. The lowest BCUT2D eigenvalue weighted by Gasteiger charge is -2.15. The minimum Gasteiger partial charge on any atom is -0.453 e. The molecule has 0 aliphatic rings. The third-order valence-electron chi connectivity index (χ3n) is 4.16. The second-order valence-corrected chi connectivity index (χ2v) is 9.80. The topological polar surface area (TPSA) is 98.5 Å². The van der Waals surface area contributed by atoms with Crippen molar-refractivity contribution in [2.24, 2.45) is 0 Å². The molecule has 0 spiro atoms. The van der Waals surface area contributed by atoms with Crippen LogP contribution in [0.25, 0.3) is 0 Å². The number of nitrogens with zero attached hydrogens (tertiary/aromatic N) is 1. The molecule has 0 saturated heterocycles. The average molecular weight is 576 g/mol. The van der Waals surface area contributed by atoms with Crippen molar-refractivity contribution < 1.29 is 31.2 Å². The minimum atomic E-state index is -4.66. The highest BCUT2D eigenvalue weighted by atomic mass is 35.5. The van der Waals surface area contributed by atoms with Gasteiger partial charge in [-0.1, -0.05) is 46.4 Å². The second kappa shape index (κ2) is 9.67. The molecule has 7 nitrogen and oxygen atoms in total. The maximum absolute atomic E-state index is 12.8. The third kappa shape index (κ3) is 5.78. The van der Waals surface area contributed by atoms with Crippen LogP contribution in [0.2, 0.25) is 20.1 Å². The zero-order valence-electron chi connectivity index (χ0n) is 16.2. The van der Waals surface area contributed by atoms with Crippen LogP contribution in [0.1, 0.15) is 5.56 Å². The standard InChI is InChI=1S/C19H9Cl4F3N2O5S/c20-12-5-9(19(24,25)26)1-3-16(12)27-34(31,32)11-7-14(22)18(15(23)8-11)33-17-4-2-10(28(29)30)6-13(17)21/h1-8,27H. The smallest absolute Gasteiger partial charge is 0.416 e. The van der Waals surface area contributed by atoms with Gasteiger partial charge in [0.2, 0.25) is 0 Å². The van der Waals surface area contributed by atoms with Crippen molar-refractivity contribution in [1.29, 1.82) is 0 Å². The summed E-state index contributed by atoms with van der Waals surface area (Å²) in [6.45, 7) is 0. The highest BCUT2D eigenvalue weighted by Crippen LogP contribution is 2.41. The largest absolute Gasteiger partial charge is 0.453 e. The predicted octanol–water partition coefficient (Wildman–Crippen LogP) is 7.82. The summed E-state index contributed by atoms with van der Waals surface area (Å²) in [6.07, 6.45) is -4.66. The predicted molar refractivity (Wildman–Crippen MR) is 122 cm³/mol. The molecule has 34 heavy (non-hydrogen) atoms. The van der Waals surface area contributed by atoms with Gasteiger partial charge < -0.3 is 4.74 Å². The summed E-state index contributed by atoms with van der Waals surface area (Å²) in [4.78, 5) is 9.71. The number of anilines is 1. The van der Waals surface area contributed by atoms with Crippen molar-refractivity contribution in [2.75, 3.05) is 4.72 Å². The van der Waals surface area contributed by atoms with Gasteiger partial charge in [-0.05, 0) is 36.4 Å². The average Bonchev–Trinajstić information content (AvgIpc) is 2.72. The Morgan fingerprint density at radius 1 is 0.882 bits per heavy atom. The molecule has 15 heteroatoms. The highest BCUT2D eigenvalue weighted by Gasteiger charge is 2.31. The van der Waals surface area contributed by atoms with Gasteiger partial charge in [0.05, 0.1) is 41.2 Å². The van der Waals surface area contributed by atoms with Crippen LogP contribution in [-0.2, 0) is 16.2 Å². The van der Waals surface area contributed by atoms with Gasteiger partial charge in [0, 0.05) is 12.1 Å². The van der Waals surface area contributed by atoms with Gasteiger partial charge in [-0.15, -0.1) is 0 Å². The first-order valence-corrected chi connectivity index (χ1v) is 11.7. The first-order chi connectivity index (χ1) is 15.7. The Balaban J connectivity index is 1.90. The fraction of sp³-hybridized carbons (Fsp3) is 0.0526. The van der Waals surface area contributed by atoms with E-state index >= 15 is 0 Å². The number of ether oxygens (including phenoxy) is 1. The Bertz CT molecular complexity index is 1380. The summed E-state index contributed by atoms with van der Waals surface area (Å²) in [6, 6.07) is 7.41. The lowest BCUT2D eigenvalue weighted by atomic mass is 10.2. The molecule has 0 radical (unpaired) electrons. The van der Waals surface area contributed by atoms with Gasteiger partial charge in [-0.2, -0.15) is 13.2 Å². The highest BCUT2D eigenvalue weighted by molar-refractivity contribution is 7.92. The number of rotatable bonds is 6. The summed E-state index contributed by atoms with van der Waals surface area (Å²) in [7, 11) is -4.38. The molecule has 0 aromatic heterocycles. The fourth-order valence-electron chi connectivity index (χ4n) is 2.56. The van der Waals surface area contributed by atoms with Gasteiger partial charge in [-0.25, -0.2) is 8.42 Å². The van der Waals surface area contributed by atoms with Gasteiger partial charge in [-0.3, -0.25) is 14.8 Å². The molecule has 3 rings (SSSR count). The first kappa shape index (κ1) is 26.2. The fourth-order valence-corrected chi connectivity index (χ4v) is 4.89. The molecule has 1 N–H and O–H groups in total. The van der Waals surface area contributed by atoms with Crippen LogP contribution in [0.15, 0.2) is 53.4 Å². The maximum Gasteiger partial charge on any atom is 0.416 e. The van der Waals surface area contributed by atoms with E-state index in [2.05, 4.69) is 4.72 Å². The van der Waals surface area contributed by atoms with E-state index in [0.717, 1.165) is 30.3 Å². The number of hydrogen-bond acceptors (Lipinski definition) is 5. The molecule has 0 fully saturated rings. The molecule has 0 atom stereocenters. The summed E-state index contributed by atoms with van der Waals surface area (Å²) < 4.78 is 71.4. The lowest BCUT2D eigenvalue weighted by Crippen LogP contribution is -2.14. The summed E-state index contributed by atoms with van der Waals surface area (Å²) in [5.74, 6) is -0.230. The summed E-state index contributed by atoms with van der Waals surface area (Å²) >= 11 is 24.0. The number of alkyl halides is 3. The SMILES string of the molecule is O=[N+]([O-])c1ccc(Oc2c(Cl)cc(S(=O)(=O)Nc3ccc(C(F)(F)F)cc3Cl)cc2Cl)c(Cl)c1.